The van der Waals surface area contributed by atoms with Crippen LogP contribution in [0, 0.1) is 29.6 Å². The fourth-order valence-electron chi connectivity index (χ4n) is 4.47. The summed E-state index contributed by atoms with van der Waals surface area (Å²) in [6.45, 7) is 8.66. The van der Waals surface area contributed by atoms with Gasteiger partial charge in [-0.2, -0.15) is 0 Å². The van der Waals surface area contributed by atoms with Crippen molar-refractivity contribution in [3.8, 4) is 0 Å². The van der Waals surface area contributed by atoms with Crippen LogP contribution >= 0.6 is 0 Å². The number of esters is 1. The van der Waals surface area contributed by atoms with Gasteiger partial charge in [0.1, 0.15) is 6.10 Å². The molecule has 0 N–H and O–H groups in total. The quantitative estimate of drug-likeness (QED) is 0.475. The molecule has 0 bridgehead atoms. The van der Waals surface area contributed by atoms with E-state index < -0.39 is 0 Å². The summed E-state index contributed by atoms with van der Waals surface area (Å²) in [5, 5.41) is 0. The van der Waals surface area contributed by atoms with Gasteiger partial charge in [-0.15, -0.1) is 0 Å². The highest BCUT2D eigenvalue weighted by atomic mass is 16.6. The van der Waals surface area contributed by atoms with Crippen molar-refractivity contribution in [3.63, 3.8) is 0 Å². The van der Waals surface area contributed by atoms with Crippen molar-refractivity contribution < 1.29 is 9.53 Å². The first-order valence-electron chi connectivity index (χ1n) is 6.99. The number of rotatable bonds is 0. The lowest BCUT2D eigenvalue weighted by atomic mass is 9.78. The van der Waals surface area contributed by atoms with E-state index in [-0.39, 0.29) is 12.1 Å². The Morgan fingerprint density at radius 1 is 1.12 bits per heavy atom. The lowest BCUT2D eigenvalue weighted by Gasteiger charge is -2.30. The predicted octanol–water partition coefficient (Wildman–Crippen LogP) is 3.18. The topological polar surface area (TPSA) is 26.3 Å². The zero-order chi connectivity index (χ0) is 12.2. The smallest absolute Gasteiger partial charge is 0.334 e. The highest BCUT2D eigenvalue weighted by Gasteiger charge is 2.52. The Morgan fingerprint density at radius 2 is 1.82 bits per heavy atom. The normalized spacial score (nSPS) is 49.5. The summed E-state index contributed by atoms with van der Waals surface area (Å²) in [6.07, 6.45) is 5.08. The Labute approximate surface area is 103 Å². The number of ether oxygens (including phenoxy) is 1. The zero-order valence-electron chi connectivity index (χ0n) is 10.8. The van der Waals surface area contributed by atoms with Crippen LogP contribution in [0.25, 0.3) is 0 Å². The molecular weight excluding hydrogens is 212 g/mol. The monoisotopic (exact) mass is 234 g/mol. The molecule has 3 aliphatic rings. The molecule has 0 aromatic heterocycles. The molecule has 1 aliphatic heterocycles. The molecule has 2 heteroatoms. The van der Waals surface area contributed by atoms with Crippen LogP contribution in [0.5, 0.6) is 0 Å². The van der Waals surface area contributed by atoms with E-state index in [1.165, 1.54) is 19.3 Å². The van der Waals surface area contributed by atoms with Crippen LogP contribution in [0.4, 0.5) is 0 Å². The highest BCUT2D eigenvalue weighted by molar-refractivity contribution is 5.90. The maximum Gasteiger partial charge on any atom is 0.334 e. The summed E-state index contributed by atoms with van der Waals surface area (Å²) in [4.78, 5) is 11.7. The lowest BCUT2D eigenvalue weighted by molar-refractivity contribution is -0.142. The Balaban J connectivity index is 1.95. The molecule has 0 radical (unpaired) electrons. The third kappa shape index (κ3) is 1.56. The first-order chi connectivity index (χ1) is 8.09. The summed E-state index contributed by atoms with van der Waals surface area (Å²) < 4.78 is 5.65. The standard InChI is InChI=1S/C15H22O2/c1-8-4-7-12-10(3)15(16)17-14(12)13-9(2)5-6-11(8)13/h8-9,11-14H,3-7H2,1-2H3/t8-,9-,11-,12+,13+,14+/m1/s1. The molecule has 0 unspecified atom stereocenters. The molecule has 2 aliphatic carbocycles. The first kappa shape index (κ1) is 11.3. The molecule has 3 rings (SSSR count). The molecule has 0 aromatic rings. The molecule has 3 fully saturated rings. The van der Waals surface area contributed by atoms with Crippen LogP contribution in [0.15, 0.2) is 12.2 Å². The van der Waals surface area contributed by atoms with Gasteiger partial charge in [0.05, 0.1) is 0 Å². The second-order valence-corrected chi connectivity index (χ2v) is 6.35. The molecule has 0 aromatic carbocycles. The highest BCUT2D eigenvalue weighted by Crippen LogP contribution is 2.52. The van der Waals surface area contributed by atoms with Crippen LogP contribution in [0.2, 0.25) is 0 Å². The third-order valence-electron chi connectivity index (χ3n) is 5.50. The van der Waals surface area contributed by atoms with E-state index in [1.807, 2.05) is 0 Å². The summed E-state index contributed by atoms with van der Waals surface area (Å²) in [7, 11) is 0. The van der Waals surface area contributed by atoms with Crippen molar-refractivity contribution in [1.29, 1.82) is 0 Å². The number of hydrogen-bond donors (Lipinski definition) is 0. The van der Waals surface area contributed by atoms with Crippen molar-refractivity contribution in [2.75, 3.05) is 0 Å². The molecule has 1 heterocycles. The fourth-order valence-corrected chi connectivity index (χ4v) is 4.47. The van der Waals surface area contributed by atoms with Gasteiger partial charge in [-0.3, -0.25) is 0 Å². The van der Waals surface area contributed by atoms with Gasteiger partial charge in [-0.1, -0.05) is 26.8 Å². The van der Waals surface area contributed by atoms with Gasteiger partial charge >= 0.3 is 5.97 Å². The number of carbonyl (C=O) groups is 1. The molecule has 2 nitrogen and oxygen atoms in total. The number of carbonyl (C=O) groups excluding carboxylic acids is 1. The Hall–Kier alpha value is -0.790. The molecule has 1 saturated heterocycles. The van der Waals surface area contributed by atoms with Crippen molar-refractivity contribution in [2.24, 2.45) is 29.6 Å². The van der Waals surface area contributed by atoms with Gasteiger partial charge in [0.2, 0.25) is 0 Å². The van der Waals surface area contributed by atoms with Gasteiger partial charge < -0.3 is 4.74 Å². The van der Waals surface area contributed by atoms with Gasteiger partial charge in [0.25, 0.3) is 0 Å². The minimum Gasteiger partial charge on any atom is -0.458 e. The van der Waals surface area contributed by atoms with Crippen molar-refractivity contribution in [1.82, 2.24) is 0 Å². The van der Waals surface area contributed by atoms with Crippen LogP contribution in [-0.4, -0.2) is 12.1 Å². The molecule has 6 atom stereocenters. The maximum atomic E-state index is 11.7. The van der Waals surface area contributed by atoms with E-state index in [1.54, 1.807) is 0 Å². The molecule has 2 saturated carbocycles. The Kier molecular flexibility index (Phi) is 2.57. The molecular formula is C15H22O2. The minimum absolute atomic E-state index is 0.132. The number of hydrogen-bond acceptors (Lipinski definition) is 2. The average molecular weight is 234 g/mol. The molecule has 0 spiro atoms. The van der Waals surface area contributed by atoms with Crippen LogP contribution in [-0.2, 0) is 9.53 Å². The van der Waals surface area contributed by atoms with E-state index in [4.69, 9.17) is 4.74 Å². The third-order valence-corrected chi connectivity index (χ3v) is 5.50. The van der Waals surface area contributed by atoms with Crippen molar-refractivity contribution in [3.05, 3.63) is 12.2 Å². The lowest BCUT2D eigenvalue weighted by Crippen LogP contribution is -2.32. The van der Waals surface area contributed by atoms with E-state index in [9.17, 15) is 4.79 Å². The summed E-state index contributed by atoms with van der Waals surface area (Å²) in [5.41, 5.74) is 0.738. The first-order valence-corrected chi connectivity index (χ1v) is 6.99. The van der Waals surface area contributed by atoms with E-state index in [0.29, 0.717) is 17.8 Å². The van der Waals surface area contributed by atoms with Gasteiger partial charge in [-0.25, -0.2) is 4.79 Å². The van der Waals surface area contributed by atoms with Crippen LogP contribution in [0.3, 0.4) is 0 Å². The Morgan fingerprint density at radius 3 is 2.59 bits per heavy atom. The SMILES string of the molecule is C=C1C(=O)O[C@@H]2[C@@H]3[C@H](CC[C@H]3C)[C@H](C)CC[C@@H]12. The Bertz CT molecular complexity index is 360. The maximum absolute atomic E-state index is 11.7. The second-order valence-electron chi connectivity index (χ2n) is 6.35. The zero-order valence-corrected chi connectivity index (χ0v) is 10.8. The number of fused-ring (bicyclic) bond motifs is 3. The molecule has 94 valence electrons. The average Bonchev–Trinajstić information content (AvgIpc) is 2.75. The summed E-state index contributed by atoms with van der Waals surface area (Å²) in [5.74, 6) is 3.00. The summed E-state index contributed by atoms with van der Waals surface area (Å²) in [6, 6.07) is 0. The van der Waals surface area contributed by atoms with E-state index in [0.717, 1.165) is 23.8 Å². The van der Waals surface area contributed by atoms with Gasteiger partial charge in [0, 0.05) is 17.4 Å². The van der Waals surface area contributed by atoms with E-state index in [2.05, 4.69) is 20.4 Å². The largest absolute Gasteiger partial charge is 0.458 e. The van der Waals surface area contributed by atoms with Crippen molar-refractivity contribution >= 4 is 5.97 Å². The van der Waals surface area contributed by atoms with Crippen LogP contribution in [0.1, 0.15) is 39.5 Å². The molecule has 17 heavy (non-hydrogen) atoms. The van der Waals surface area contributed by atoms with Crippen molar-refractivity contribution in [2.45, 2.75) is 45.6 Å². The molecule has 0 amide bonds. The van der Waals surface area contributed by atoms with Gasteiger partial charge in [0.15, 0.2) is 0 Å². The summed E-state index contributed by atoms with van der Waals surface area (Å²) >= 11 is 0. The minimum atomic E-state index is -0.132. The second kappa shape index (κ2) is 3.86. The van der Waals surface area contributed by atoms with E-state index >= 15 is 0 Å². The predicted molar refractivity (Wildman–Crippen MR) is 66.3 cm³/mol. The fraction of sp³-hybridized carbons (Fsp3) is 0.800. The van der Waals surface area contributed by atoms with Crippen LogP contribution < -0.4 is 0 Å². The van der Waals surface area contributed by atoms with Gasteiger partial charge in [-0.05, 0) is 37.0 Å².